The zero-order chi connectivity index (χ0) is 13.1. The van der Waals surface area contributed by atoms with E-state index in [2.05, 4.69) is 4.98 Å². The predicted molar refractivity (Wildman–Crippen MR) is 61.3 cm³/mol. The minimum Gasteiger partial charge on any atom is -0.453 e. The Bertz CT molecular complexity index is 541. The molecule has 0 radical (unpaired) electrons. The summed E-state index contributed by atoms with van der Waals surface area (Å²) in [6, 6.07) is 6.04. The van der Waals surface area contributed by atoms with Gasteiger partial charge in [0, 0.05) is 6.07 Å². The van der Waals surface area contributed by atoms with E-state index in [1.54, 1.807) is 13.0 Å². The molecule has 5 heteroatoms. The van der Waals surface area contributed by atoms with Gasteiger partial charge in [-0.1, -0.05) is 0 Å². The van der Waals surface area contributed by atoms with Crippen molar-refractivity contribution in [3.63, 3.8) is 0 Å². The van der Waals surface area contributed by atoms with Crippen molar-refractivity contribution in [3.8, 4) is 11.5 Å². The second-order valence-corrected chi connectivity index (χ2v) is 3.77. The number of aliphatic hydroxyl groups excluding tert-OH is 1. The van der Waals surface area contributed by atoms with E-state index >= 15 is 0 Å². The fourth-order valence-electron chi connectivity index (χ4n) is 1.38. The van der Waals surface area contributed by atoms with Gasteiger partial charge in [0.05, 0.1) is 18.0 Å². The van der Waals surface area contributed by atoms with Crippen molar-refractivity contribution in [3.05, 3.63) is 53.9 Å². The maximum absolute atomic E-state index is 13.3. The van der Waals surface area contributed by atoms with Crippen LogP contribution in [0, 0.1) is 11.6 Å². The van der Waals surface area contributed by atoms with Crippen LogP contribution < -0.4 is 4.74 Å². The Morgan fingerprint density at radius 3 is 2.61 bits per heavy atom. The number of benzene rings is 1. The van der Waals surface area contributed by atoms with Crippen LogP contribution in [-0.4, -0.2) is 10.1 Å². The molecule has 0 fully saturated rings. The van der Waals surface area contributed by atoms with Crippen LogP contribution in [0.25, 0.3) is 0 Å². The van der Waals surface area contributed by atoms with Crippen molar-refractivity contribution in [2.45, 2.75) is 13.0 Å². The van der Waals surface area contributed by atoms with Gasteiger partial charge in [-0.05, 0) is 31.2 Å². The first-order chi connectivity index (χ1) is 8.56. The van der Waals surface area contributed by atoms with Crippen molar-refractivity contribution in [2.24, 2.45) is 0 Å². The Kier molecular flexibility index (Phi) is 3.53. The van der Waals surface area contributed by atoms with E-state index in [-0.39, 0.29) is 11.5 Å². The molecule has 2 rings (SSSR count). The number of ether oxygens (including phenoxy) is 1. The summed E-state index contributed by atoms with van der Waals surface area (Å²) in [5.41, 5.74) is 0.474. The molecule has 3 nitrogen and oxygen atoms in total. The van der Waals surface area contributed by atoms with E-state index in [1.165, 1.54) is 12.3 Å². The number of aliphatic hydroxyl groups is 1. The lowest BCUT2D eigenvalue weighted by molar-refractivity contribution is 0.194. The summed E-state index contributed by atoms with van der Waals surface area (Å²) in [5, 5.41) is 9.27. The Morgan fingerprint density at radius 2 is 2.00 bits per heavy atom. The molecule has 0 spiro atoms. The smallest absolute Gasteiger partial charge is 0.166 e. The van der Waals surface area contributed by atoms with E-state index < -0.39 is 17.7 Å². The number of nitrogens with zero attached hydrogens (tertiary/aromatic N) is 1. The van der Waals surface area contributed by atoms with Crippen LogP contribution in [0.2, 0.25) is 0 Å². The highest BCUT2D eigenvalue weighted by molar-refractivity contribution is 5.31. The Balaban J connectivity index is 2.21. The average Bonchev–Trinajstić information content (AvgIpc) is 2.34. The third kappa shape index (κ3) is 2.81. The maximum Gasteiger partial charge on any atom is 0.166 e. The second-order valence-electron chi connectivity index (χ2n) is 3.77. The molecule has 0 saturated heterocycles. The lowest BCUT2D eigenvalue weighted by Gasteiger charge is -2.08. The summed E-state index contributed by atoms with van der Waals surface area (Å²) in [6.45, 7) is 1.58. The Labute approximate surface area is 103 Å². The van der Waals surface area contributed by atoms with Crippen LogP contribution in [0.1, 0.15) is 18.7 Å². The standard InChI is InChI=1S/C13H11F2NO2/c1-8(17)12-5-3-10(7-16-12)18-13-6-9(14)2-4-11(13)15/h2-8,17H,1H3/t8-/m0/s1. The van der Waals surface area contributed by atoms with Gasteiger partial charge in [-0.15, -0.1) is 0 Å². The summed E-state index contributed by atoms with van der Waals surface area (Å²) in [7, 11) is 0. The molecule has 0 saturated carbocycles. The van der Waals surface area contributed by atoms with Crippen molar-refractivity contribution in [1.29, 1.82) is 0 Å². The highest BCUT2D eigenvalue weighted by Crippen LogP contribution is 2.25. The zero-order valence-corrected chi connectivity index (χ0v) is 9.60. The number of hydrogen-bond acceptors (Lipinski definition) is 3. The van der Waals surface area contributed by atoms with Gasteiger partial charge in [-0.3, -0.25) is 4.98 Å². The average molecular weight is 251 g/mol. The summed E-state index contributed by atoms with van der Waals surface area (Å²) < 4.78 is 31.4. The van der Waals surface area contributed by atoms with E-state index in [0.29, 0.717) is 5.69 Å². The third-order valence-corrected chi connectivity index (χ3v) is 2.31. The quantitative estimate of drug-likeness (QED) is 0.910. The Hall–Kier alpha value is -2.01. The first kappa shape index (κ1) is 12.4. The molecular weight excluding hydrogens is 240 g/mol. The van der Waals surface area contributed by atoms with Crippen molar-refractivity contribution < 1.29 is 18.6 Å². The molecule has 0 unspecified atom stereocenters. The third-order valence-electron chi connectivity index (χ3n) is 2.31. The minimum absolute atomic E-state index is 0.207. The number of aromatic nitrogens is 1. The van der Waals surface area contributed by atoms with Crippen LogP contribution in [0.15, 0.2) is 36.5 Å². The number of halogens is 2. The molecule has 0 aliphatic carbocycles. The molecule has 0 bridgehead atoms. The van der Waals surface area contributed by atoms with Crippen molar-refractivity contribution in [2.75, 3.05) is 0 Å². The predicted octanol–water partition coefficient (Wildman–Crippen LogP) is 3.21. The van der Waals surface area contributed by atoms with Crippen LogP contribution in [-0.2, 0) is 0 Å². The normalized spacial score (nSPS) is 12.2. The molecule has 2 aromatic rings. The zero-order valence-electron chi connectivity index (χ0n) is 9.60. The molecule has 1 N–H and O–H groups in total. The summed E-state index contributed by atoms with van der Waals surface area (Å²) in [5.74, 6) is -1.18. The number of pyridine rings is 1. The van der Waals surface area contributed by atoms with Gasteiger partial charge >= 0.3 is 0 Å². The lowest BCUT2D eigenvalue weighted by atomic mass is 10.2. The molecule has 0 aliphatic rings. The number of hydrogen-bond donors (Lipinski definition) is 1. The molecule has 1 heterocycles. The first-order valence-electron chi connectivity index (χ1n) is 5.33. The van der Waals surface area contributed by atoms with Crippen LogP contribution >= 0.6 is 0 Å². The van der Waals surface area contributed by atoms with Crippen LogP contribution in [0.5, 0.6) is 11.5 Å². The van der Waals surface area contributed by atoms with Crippen molar-refractivity contribution in [1.82, 2.24) is 4.98 Å². The SMILES string of the molecule is C[C@H](O)c1ccc(Oc2cc(F)ccc2F)cn1. The molecule has 0 amide bonds. The van der Waals surface area contributed by atoms with Gasteiger partial charge in [0.15, 0.2) is 11.6 Å². The molecule has 1 atom stereocenters. The second kappa shape index (κ2) is 5.10. The molecular formula is C13H11F2NO2. The van der Waals surface area contributed by atoms with Crippen LogP contribution in [0.3, 0.4) is 0 Å². The van der Waals surface area contributed by atoms with Gasteiger partial charge in [0.2, 0.25) is 0 Å². The minimum atomic E-state index is -0.690. The highest BCUT2D eigenvalue weighted by Gasteiger charge is 2.07. The molecule has 1 aromatic carbocycles. The van der Waals surface area contributed by atoms with Gasteiger partial charge in [-0.2, -0.15) is 0 Å². The number of rotatable bonds is 3. The fourth-order valence-corrected chi connectivity index (χ4v) is 1.38. The fraction of sp³-hybridized carbons (Fsp3) is 0.154. The lowest BCUT2D eigenvalue weighted by Crippen LogP contribution is -1.96. The van der Waals surface area contributed by atoms with Gasteiger partial charge in [-0.25, -0.2) is 8.78 Å². The molecule has 94 valence electrons. The topological polar surface area (TPSA) is 42.4 Å². The highest BCUT2D eigenvalue weighted by atomic mass is 19.1. The van der Waals surface area contributed by atoms with E-state index in [9.17, 15) is 13.9 Å². The summed E-state index contributed by atoms with van der Waals surface area (Å²) in [4.78, 5) is 3.94. The van der Waals surface area contributed by atoms with E-state index in [4.69, 9.17) is 4.74 Å². The monoisotopic (exact) mass is 251 g/mol. The maximum atomic E-state index is 13.3. The summed E-state index contributed by atoms with van der Waals surface area (Å²) >= 11 is 0. The van der Waals surface area contributed by atoms with E-state index in [1.807, 2.05) is 0 Å². The van der Waals surface area contributed by atoms with Crippen LogP contribution in [0.4, 0.5) is 8.78 Å². The van der Waals surface area contributed by atoms with Gasteiger partial charge in [0.25, 0.3) is 0 Å². The summed E-state index contributed by atoms with van der Waals surface area (Å²) in [6.07, 6.45) is 0.650. The van der Waals surface area contributed by atoms with Gasteiger partial charge < -0.3 is 9.84 Å². The Morgan fingerprint density at radius 1 is 1.22 bits per heavy atom. The molecule has 0 aliphatic heterocycles. The van der Waals surface area contributed by atoms with Gasteiger partial charge in [0.1, 0.15) is 11.6 Å². The van der Waals surface area contributed by atoms with E-state index in [0.717, 1.165) is 18.2 Å². The first-order valence-corrected chi connectivity index (χ1v) is 5.33. The molecule has 18 heavy (non-hydrogen) atoms. The molecule has 1 aromatic heterocycles. The van der Waals surface area contributed by atoms with Crippen molar-refractivity contribution >= 4 is 0 Å². The largest absolute Gasteiger partial charge is 0.453 e.